The minimum Gasteiger partial charge on any atom is -0.274 e. The lowest BCUT2D eigenvalue weighted by molar-refractivity contribution is 0.639. The topological polar surface area (TPSA) is 30.7 Å². The van der Waals surface area contributed by atoms with E-state index in [0.717, 1.165) is 17.2 Å². The maximum absolute atomic E-state index is 4.77. The molecule has 0 fully saturated rings. The zero-order valence-corrected chi connectivity index (χ0v) is 18.3. The van der Waals surface area contributed by atoms with Crippen molar-refractivity contribution in [3.63, 3.8) is 0 Å². The van der Waals surface area contributed by atoms with Crippen molar-refractivity contribution in [3.8, 4) is 28.5 Å². The van der Waals surface area contributed by atoms with Gasteiger partial charge < -0.3 is 0 Å². The molecule has 0 saturated heterocycles. The van der Waals surface area contributed by atoms with E-state index in [2.05, 4.69) is 99.8 Å². The SMILES string of the molecule is Cc1cccc2c1-c1nnc(-c3ccccc3)n1-c1c(C(C)C)cccc1C2(C)C. The second kappa shape index (κ2) is 6.66. The Kier molecular flexibility index (Phi) is 4.18. The first-order valence-electron chi connectivity index (χ1n) is 10.7. The molecule has 0 saturated carbocycles. The predicted octanol–water partition coefficient (Wildman–Crippen LogP) is 6.67. The third-order valence-corrected chi connectivity index (χ3v) is 6.45. The second-order valence-corrected chi connectivity index (χ2v) is 9.07. The van der Waals surface area contributed by atoms with Gasteiger partial charge in [0.15, 0.2) is 11.6 Å². The van der Waals surface area contributed by atoms with E-state index in [0.29, 0.717) is 5.92 Å². The van der Waals surface area contributed by atoms with Crippen LogP contribution in [0.5, 0.6) is 0 Å². The van der Waals surface area contributed by atoms with E-state index in [9.17, 15) is 0 Å². The molecule has 2 heterocycles. The summed E-state index contributed by atoms with van der Waals surface area (Å²) in [5, 5.41) is 9.48. The summed E-state index contributed by atoms with van der Waals surface area (Å²) in [6, 6.07) is 23.7. The predicted molar refractivity (Wildman–Crippen MR) is 123 cm³/mol. The van der Waals surface area contributed by atoms with E-state index in [4.69, 9.17) is 10.2 Å². The van der Waals surface area contributed by atoms with Crippen molar-refractivity contribution < 1.29 is 0 Å². The van der Waals surface area contributed by atoms with Crippen LogP contribution in [0.1, 0.15) is 55.9 Å². The quantitative estimate of drug-likeness (QED) is 0.381. The highest BCUT2D eigenvalue weighted by atomic mass is 15.3. The maximum atomic E-state index is 4.77. The van der Waals surface area contributed by atoms with Gasteiger partial charge in [0, 0.05) is 16.5 Å². The van der Waals surface area contributed by atoms with E-state index in [1.54, 1.807) is 0 Å². The molecule has 0 N–H and O–H groups in total. The number of para-hydroxylation sites is 1. The van der Waals surface area contributed by atoms with Gasteiger partial charge in [-0.2, -0.15) is 0 Å². The fraction of sp³-hybridized carbons (Fsp3) is 0.259. The number of nitrogens with zero attached hydrogens (tertiary/aromatic N) is 3. The minimum atomic E-state index is -0.157. The van der Waals surface area contributed by atoms with Gasteiger partial charge in [0.1, 0.15) is 0 Å². The fourth-order valence-electron chi connectivity index (χ4n) is 4.84. The van der Waals surface area contributed by atoms with E-state index in [-0.39, 0.29) is 5.41 Å². The molecule has 3 aromatic carbocycles. The third-order valence-electron chi connectivity index (χ3n) is 6.45. The van der Waals surface area contributed by atoms with Crippen LogP contribution in [0, 0.1) is 6.92 Å². The Balaban J connectivity index is 2.00. The number of hydrogen-bond donors (Lipinski definition) is 0. The van der Waals surface area contributed by atoms with Gasteiger partial charge in [0.05, 0.1) is 5.69 Å². The molecular weight excluding hydrogens is 366 g/mol. The summed E-state index contributed by atoms with van der Waals surface area (Å²) in [6.45, 7) is 11.4. The van der Waals surface area contributed by atoms with Gasteiger partial charge in [0.25, 0.3) is 0 Å². The van der Waals surface area contributed by atoms with Gasteiger partial charge in [0.2, 0.25) is 0 Å². The van der Waals surface area contributed by atoms with Crippen LogP contribution in [0.4, 0.5) is 0 Å². The molecular formula is C27H27N3. The molecule has 0 bridgehead atoms. The number of benzene rings is 3. The lowest BCUT2D eigenvalue weighted by atomic mass is 9.74. The van der Waals surface area contributed by atoms with Crippen LogP contribution in [0.2, 0.25) is 0 Å². The van der Waals surface area contributed by atoms with E-state index in [1.807, 2.05) is 6.07 Å². The highest BCUT2D eigenvalue weighted by Crippen LogP contribution is 2.48. The van der Waals surface area contributed by atoms with Crippen molar-refractivity contribution >= 4 is 0 Å². The lowest BCUT2D eigenvalue weighted by Gasteiger charge is -2.29. The van der Waals surface area contributed by atoms with Gasteiger partial charge in [-0.25, -0.2) is 0 Å². The van der Waals surface area contributed by atoms with Crippen molar-refractivity contribution in [2.45, 2.75) is 46.0 Å². The zero-order valence-electron chi connectivity index (χ0n) is 18.3. The molecule has 150 valence electrons. The molecule has 0 aliphatic carbocycles. The average molecular weight is 394 g/mol. The normalized spacial score (nSPS) is 14.1. The highest BCUT2D eigenvalue weighted by molar-refractivity contribution is 5.78. The number of fused-ring (bicyclic) bond motifs is 5. The molecule has 4 aromatic rings. The van der Waals surface area contributed by atoms with Crippen molar-refractivity contribution in [1.29, 1.82) is 0 Å². The second-order valence-electron chi connectivity index (χ2n) is 9.07. The third kappa shape index (κ3) is 2.58. The van der Waals surface area contributed by atoms with E-state index >= 15 is 0 Å². The van der Waals surface area contributed by atoms with E-state index < -0.39 is 0 Å². The molecule has 0 amide bonds. The number of rotatable bonds is 2. The molecule has 0 unspecified atom stereocenters. The maximum Gasteiger partial charge on any atom is 0.169 e. The summed E-state index contributed by atoms with van der Waals surface area (Å²) in [4.78, 5) is 0. The van der Waals surface area contributed by atoms with Crippen molar-refractivity contribution in [2.75, 3.05) is 0 Å². The summed E-state index contributed by atoms with van der Waals surface area (Å²) in [6.07, 6.45) is 0. The average Bonchev–Trinajstić information content (AvgIpc) is 3.14. The molecule has 1 aliphatic rings. The largest absolute Gasteiger partial charge is 0.274 e. The summed E-state index contributed by atoms with van der Waals surface area (Å²) >= 11 is 0. The Morgan fingerprint density at radius 2 is 1.43 bits per heavy atom. The van der Waals surface area contributed by atoms with Gasteiger partial charge in [-0.15, -0.1) is 10.2 Å². The number of hydrogen-bond acceptors (Lipinski definition) is 2. The molecule has 30 heavy (non-hydrogen) atoms. The smallest absolute Gasteiger partial charge is 0.169 e. The first-order chi connectivity index (χ1) is 14.4. The molecule has 0 atom stereocenters. The van der Waals surface area contributed by atoms with Crippen molar-refractivity contribution in [1.82, 2.24) is 14.8 Å². The number of aromatic nitrogens is 3. The van der Waals surface area contributed by atoms with Crippen molar-refractivity contribution in [3.05, 3.63) is 89.0 Å². The first kappa shape index (κ1) is 18.8. The number of aryl methyl sites for hydroxylation is 1. The van der Waals surface area contributed by atoms with Crippen molar-refractivity contribution in [2.24, 2.45) is 0 Å². The lowest BCUT2D eigenvalue weighted by Crippen LogP contribution is -2.21. The molecule has 1 aromatic heterocycles. The molecule has 3 nitrogen and oxygen atoms in total. The van der Waals surface area contributed by atoms with Crippen LogP contribution in [0.3, 0.4) is 0 Å². The van der Waals surface area contributed by atoms with Gasteiger partial charge >= 0.3 is 0 Å². The Hall–Kier alpha value is -3.20. The Morgan fingerprint density at radius 1 is 0.767 bits per heavy atom. The molecule has 0 spiro atoms. The minimum absolute atomic E-state index is 0.157. The van der Waals surface area contributed by atoms with Gasteiger partial charge in [-0.05, 0) is 35.1 Å². The van der Waals surface area contributed by atoms with Crippen LogP contribution in [0.15, 0.2) is 66.7 Å². The summed E-state index contributed by atoms with van der Waals surface area (Å²) in [5.41, 5.74) is 8.52. The van der Waals surface area contributed by atoms with Gasteiger partial charge in [-0.1, -0.05) is 94.4 Å². The molecule has 3 heteroatoms. The van der Waals surface area contributed by atoms with Crippen LogP contribution in [0.25, 0.3) is 28.5 Å². The van der Waals surface area contributed by atoms with Crippen LogP contribution >= 0.6 is 0 Å². The van der Waals surface area contributed by atoms with Crippen LogP contribution in [-0.2, 0) is 5.41 Å². The van der Waals surface area contributed by atoms with E-state index in [1.165, 1.54) is 33.5 Å². The Bertz CT molecular complexity index is 1250. The summed E-state index contributed by atoms with van der Waals surface area (Å²) in [5.74, 6) is 2.21. The first-order valence-corrected chi connectivity index (χ1v) is 10.7. The van der Waals surface area contributed by atoms with Gasteiger partial charge in [-0.3, -0.25) is 4.57 Å². The Morgan fingerprint density at radius 3 is 2.17 bits per heavy atom. The monoisotopic (exact) mass is 393 g/mol. The fourth-order valence-corrected chi connectivity index (χ4v) is 4.84. The molecule has 0 radical (unpaired) electrons. The van der Waals surface area contributed by atoms with Crippen LogP contribution in [-0.4, -0.2) is 14.8 Å². The molecule has 1 aliphatic heterocycles. The zero-order chi connectivity index (χ0) is 21.0. The summed E-state index contributed by atoms with van der Waals surface area (Å²) < 4.78 is 2.31. The molecule has 5 rings (SSSR count). The standard InChI is InChI=1S/C27H27N3/c1-17(2)20-14-10-16-22-24(20)30-25(19-12-7-6-8-13-19)28-29-26(30)23-18(3)11-9-15-21(23)27(22,4)5/h6-17H,1-5H3. The van der Waals surface area contributed by atoms with Crippen LogP contribution < -0.4 is 0 Å². The Labute approximate surface area is 178 Å². The summed E-state index contributed by atoms with van der Waals surface area (Å²) in [7, 11) is 0. The highest BCUT2D eigenvalue weighted by Gasteiger charge is 2.37.